The van der Waals surface area contributed by atoms with Crippen LogP contribution in [0.3, 0.4) is 0 Å². The Balaban J connectivity index is 1.75. The van der Waals surface area contributed by atoms with Crippen LogP contribution >= 0.6 is 0 Å². The number of halogens is 1. The van der Waals surface area contributed by atoms with Gasteiger partial charge in [0, 0.05) is 6.42 Å². The third kappa shape index (κ3) is 3.13. The van der Waals surface area contributed by atoms with Gasteiger partial charge in [0.25, 0.3) is 0 Å². The summed E-state index contributed by atoms with van der Waals surface area (Å²) in [5, 5.41) is 4.08. The van der Waals surface area contributed by atoms with Gasteiger partial charge in [0.2, 0.25) is 5.89 Å². The number of piperidine rings is 1. The van der Waals surface area contributed by atoms with E-state index in [4.69, 9.17) is 4.52 Å². The molecule has 4 nitrogen and oxygen atoms in total. The molecule has 0 radical (unpaired) electrons. The summed E-state index contributed by atoms with van der Waals surface area (Å²) in [6, 6.07) is 5.02. The van der Waals surface area contributed by atoms with Crippen molar-refractivity contribution < 1.29 is 8.91 Å². The topological polar surface area (TPSA) is 42.2 Å². The number of aryl methyl sites for hydroxylation is 1. The van der Waals surface area contributed by atoms with E-state index in [0.29, 0.717) is 18.1 Å². The van der Waals surface area contributed by atoms with Crippen molar-refractivity contribution in [2.75, 3.05) is 13.6 Å². The molecule has 0 saturated carbocycles. The van der Waals surface area contributed by atoms with Gasteiger partial charge in [-0.1, -0.05) is 17.6 Å². The molecule has 0 bridgehead atoms. The molecule has 1 fully saturated rings. The molecule has 2 aromatic rings. The molecule has 1 aromatic heterocycles. The first-order valence-corrected chi connectivity index (χ1v) is 7.41. The average Bonchev–Trinajstić information content (AvgIpc) is 2.91. The highest BCUT2D eigenvalue weighted by Crippen LogP contribution is 2.28. The van der Waals surface area contributed by atoms with Crippen molar-refractivity contribution in [3.05, 3.63) is 46.9 Å². The fourth-order valence-electron chi connectivity index (χ4n) is 2.89. The van der Waals surface area contributed by atoms with E-state index in [9.17, 15) is 4.39 Å². The molecule has 5 heteroatoms. The van der Waals surface area contributed by atoms with Crippen LogP contribution in [0.2, 0.25) is 0 Å². The van der Waals surface area contributed by atoms with Crippen molar-refractivity contribution in [1.29, 1.82) is 0 Å². The second-order valence-electron chi connectivity index (χ2n) is 5.79. The standard InChI is InChI=1S/C16H20FN3O/c1-11-9-13(17)7-6-12(11)10-15-18-16(21-19-15)14-5-3-4-8-20(14)2/h6-7,9,14H,3-5,8,10H2,1-2H3/t14-/m0/s1. The predicted octanol–water partition coefficient (Wildman–Crippen LogP) is 3.26. The quantitative estimate of drug-likeness (QED) is 0.869. The van der Waals surface area contributed by atoms with Crippen LogP contribution in [0.5, 0.6) is 0 Å². The van der Waals surface area contributed by atoms with Gasteiger partial charge in [-0.2, -0.15) is 4.98 Å². The van der Waals surface area contributed by atoms with Crippen molar-refractivity contribution in [3.63, 3.8) is 0 Å². The van der Waals surface area contributed by atoms with Crippen LogP contribution in [0.25, 0.3) is 0 Å². The highest BCUT2D eigenvalue weighted by Gasteiger charge is 2.26. The lowest BCUT2D eigenvalue weighted by Gasteiger charge is -2.29. The minimum Gasteiger partial charge on any atom is -0.338 e. The molecule has 1 aromatic carbocycles. The van der Waals surface area contributed by atoms with Crippen molar-refractivity contribution in [3.8, 4) is 0 Å². The highest BCUT2D eigenvalue weighted by atomic mass is 19.1. The van der Waals surface area contributed by atoms with Gasteiger partial charge in [-0.3, -0.25) is 4.90 Å². The van der Waals surface area contributed by atoms with E-state index in [-0.39, 0.29) is 11.9 Å². The maximum absolute atomic E-state index is 13.1. The van der Waals surface area contributed by atoms with Gasteiger partial charge in [-0.05, 0) is 56.6 Å². The largest absolute Gasteiger partial charge is 0.338 e. The molecule has 0 N–H and O–H groups in total. The van der Waals surface area contributed by atoms with E-state index in [2.05, 4.69) is 22.1 Å². The minimum absolute atomic E-state index is 0.214. The molecule has 21 heavy (non-hydrogen) atoms. The van der Waals surface area contributed by atoms with Crippen LogP contribution in [0.15, 0.2) is 22.7 Å². The molecule has 1 aliphatic rings. The van der Waals surface area contributed by atoms with Crippen LogP contribution in [-0.4, -0.2) is 28.6 Å². The Morgan fingerprint density at radius 1 is 1.38 bits per heavy atom. The lowest BCUT2D eigenvalue weighted by Crippen LogP contribution is -2.29. The van der Waals surface area contributed by atoms with Crippen molar-refractivity contribution in [2.24, 2.45) is 0 Å². The minimum atomic E-state index is -0.214. The first kappa shape index (κ1) is 14.2. The molecule has 0 amide bonds. The summed E-state index contributed by atoms with van der Waals surface area (Å²) >= 11 is 0. The number of rotatable bonds is 3. The maximum atomic E-state index is 13.1. The molecular formula is C16H20FN3O. The maximum Gasteiger partial charge on any atom is 0.243 e. The Kier molecular flexibility index (Phi) is 4.01. The van der Waals surface area contributed by atoms with Gasteiger partial charge >= 0.3 is 0 Å². The average molecular weight is 289 g/mol. The molecule has 2 heterocycles. The third-order valence-electron chi connectivity index (χ3n) is 4.19. The lowest BCUT2D eigenvalue weighted by molar-refractivity contribution is 0.150. The Labute approximate surface area is 124 Å². The Morgan fingerprint density at radius 2 is 2.24 bits per heavy atom. The molecule has 1 atom stereocenters. The van der Waals surface area contributed by atoms with E-state index in [1.54, 1.807) is 6.07 Å². The monoisotopic (exact) mass is 289 g/mol. The second-order valence-corrected chi connectivity index (χ2v) is 5.79. The molecule has 0 unspecified atom stereocenters. The van der Waals surface area contributed by atoms with Crippen molar-refractivity contribution >= 4 is 0 Å². The molecule has 0 aliphatic carbocycles. The Morgan fingerprint density at radius 3 is 3.00 bits per heavy atom. The highest BCUT2D eigenvalue weighted by molar-refractivity contribution is 5.28. The first-order valence-electron chi connectivity index (χ1n) is 7.41. The number of likely N-dealkylation sites (tertiary alicyclic amines) is 1. The smallest absolute Gasteiger partial charge is 0.243 e. The zero-order chi connectivity index (χ0) is 14.8. The number of hydrogen-bond acceptors (Lipinski definition) is 4. The van der Waals surface area contributed by atoms with E-state index in [1.165, 1.54) is 25.0 Å². The summed E-state index contributed by atoms with van der Waals surface area (Å²) in [7, 11) is 2.10. The van der Waals surface area contributed by atoms with Gasteiger partial charge in [-0.15, -0.1) is 0 Å². The third-order valence-corrected chi connectivity index (χ3v) is 4.19. The Hall–Kier alpha value is -1.75. The molecule has 112 valence electrons. The van der Waals surface area contributed by atoms with Crippen LogP contribution in [-0.2, 0) is 6.42 Å². The van der Waals surface area contributed by atoms with Crippen molar-refractivity contribution in [2.45, 2.75) is 38.6 Å². The fraction of sp³-hybridized carbons (Fsp3) is 0.500. The van der Waals surface area contributed by atoms with Crippen LogP contribution in [0, 0.1) is 12.7 Å². The van der Waals surface area contributed by atoms with E-state index in [0.717, 1.165) is 24.1 Å². The summed E-state index contributed by atoms with van der Waals surface area (Å²) in [4.78, 5) is 6.80. The molecule has 3 rings (SSSR count). The van der Waals surface area contributed by atoms with E-state index in [1.807, 2.05) is 6.92 Å². The molecule has 1 aliphatic heterocycles. The zero-order valence-corrected chi connectivity index (χ0v) is 12.5. The lowest BCUT2D eigenvalue weighted by atomic mass is 10.0. The zero-order valence-electron chi connectivity index (χ0n) is 12.5. The second kappa shape index (κ2) is 5.93. The summed E-state index contributed by atoms with van der Waals surface area (Å²) in [5.41, 5.74) is 1.94. The fourth-order valence-corrected chi connectivity index (χ4v) is 2.89. The molecular weight excluding hydrogens is 269 g/mol. The number of nitrogens with zero attached hydrogens (tertiary/aromatic N) is 3. The van der Waals surface area contributed by atoms with Crippen LogP contribution in [0.4, 0.5) is 4.39 Å². The summed E-state index contributed by atoms with van der Waals surface area (Å²) in [5.74, 6) is 1.15. The first-order chi connectivity index (χ1) is 10.1. The number of aromatic nitrogens is 2. The van der Waals surface area contributed by atoms with E-state index >= 15 is 0 Å². The number of hydrogen-bond donors (Lipinski definition) is 0. The number of benzene rings is 1. The van der Waals surface area contributed by atoms with Gasteiger partial charge in [0.15, 0.2) is 5.82 Å². The van der Waals surface area contributed by atoms with Gasteiger partial charge in [0.05, 0.1) is 6.04 Å². The van der Waals surface area contributed by atoms with Crippen LogP contribution < -0.4 is 0 Å². The molecule has 1 saturated heterocycles. The summed E-state index contributed by atoms with van der Waals surface area (Å²) in [6.45, 7) is 2.97. The normalized spacial score (nSPS) is 19.9. The van der Waals surface area contributed by atoms with Gasteiger partial charge in [-0.25, -0.2) is 4.39 Å². The predicted molar refractivity (Wildman–Crippen MR) is 77.5 cm³/mol. The SMILES string of the molecule is Cc1cc(F)ccc1Cc1noc([C@@H]2CCCCN2C)n1. The summed E-state index contributed by atoms with van der Waals surface area (Å²) in [6.07, 6.45) is 4.06. The van der Waals surface area contributed by atoms with Gasteiger partial charge < -0.3 is 4.52 Å². The summed E-state index contributed by atoms with van der Waals surface area (Å²) < 4.78 is 18.6. The van der Waals surface area contributed by atoms with Crippen molar-refractivity contribution in [1.82, 2.24) is 15.0 Å². The van der Waals surface area contributed by atoms with Gasteiger partial charge in [0.1, 0.15) is 5.82 Å². The molecule has 0 spiro atoms. The van der Waals surface area contributed by atoms with Crippen LogP contribution in [0.1, 0.15) is 48.1 Å². The Bertz CT molecular complexity index is 626. The van der Waals surface area contributed by atoms with E-state index < -0.39 is 0 Å².